The van der Waals surface area contributed by atoms with Crippen LogP contribution < -0.4 is 0 Å². The molecule has 0 saturated carbocycles. The highest BCUT2D eigenvalue weighted by atomic mass is 16.7. The molecule has 8 nitrogen and oxygen atoms in total. The predicted molar refractivity (Wildman–Crippen MR) is 55.0 cm³/mol. The maximum Gasteiger partial charge on any atom is 0.338 e. The van der Waals surface area contributed by atoms with Gasteiger partial charge in [0.2, 0.25) is 0 Å². The van der Waals surface area contributed by atoms with Crippen molar-refractivity contribution in [1.82, 2.24) is 0 Å². The van der Waals surface area contributed by atoms with E-state index in [-0.39, 0.29) is 5.57 Å². The third-order valence-corrected chi connectivity index (χ3v) is 2.22. The summed E-state index contributed by atoms with van der Waals surface area (Å²) in [4.78, 5) is 21.5. The molecule has 98 valence electrons. The highest BCUT2D eigenvalue weighted by Gasteiger charge is 2.34. The maximum atomic E-state index is 10.9. The predicted octanol–water partition coefficient (Wildman–Crippen LogP) is -1.29. The smallest absolute Gasteiger partial charge is 0.338 e. The molecule has 0 saturated heterocycles. The minimum Gasteiger partial charge on any atom is -0.505 e. The zero-order chi connectivity index (χ0) is 14.1. The van der Waals surface area contributed by atoms with Crippen LogP contribution in [0.1, 0.15) is 0 Å². The van der Waals surface area contributed by atoms with Gasteiger partial charge >= 0.3 is 17.9 Å². The molecule has 8 heteroatoms. The summed E-state index contributed by atoms with van der Waals surface area (Å²) >= 11 is 0. The van der Waals surface area contributed by atoms with Crippen LogP contribution in [-0.2, 0) is 9.59 Å². The van der Waals surface area contributed by atoms with Crippen LogP contribution >= 0.6 is 0 Å². The third kappa shape index (κ3) is 2.74. The van der Waals surface area contributed by atoms with Gasteiger partial charge in [-0.1, -0.05) is 12.2 Å². The van der Waals surface area contributed by atoms with E-state index in [0.29, 0.717) is 0 Å². The first-order chi connectivity index (χ1) is 8.14. The zero-order valence-electron chi connectivity index (χ0n) is 8.81. The maximum absolute atomic E-state index is 10.9. The number of aliphatic hydroxyl groups excluding tert-OH is 1. The summed E-state index contributed by atoms with van der Waals surface area (Å²) in [6.07, 6.45) is 2.66. The van der Waals surface area contributed by atoms with Crippen molar-refractivity contribution in [2.75, 3.05) is 0 Å². The lowest BCUT2D eigenvalue weighted by molar-refractivity contribution is -0.299. The third-order valence-electron chi connectivity index (χ3n) is 2.22. The van der Waals surface area contributed by atoms with Crippen LogP contribution in [-0.4, -0.2) is 48.6 Å². The molecule has 0 bridgehead atoms. The molecule has 1 unspecified atom stereocenters. The van der Waals surface area contributed by atoms with Crippen LogP contribution in [0.25, 0.3) is 0 Å². The van der Waals surface area contributed by atoms with E-state index in [0.717, 1.165) is 18.2 Å². The van der Waals surface area contributed by atoms with E-state index in [9.17, 15) is 14.7 Å². The number of aliphatic hydroxyl groups is 4. The fourth-order valence-corrected chi connectivity index (χ4v) is 1.37. The van der Waals surface area contributed by atoms with Crippen molar-refractivity contribution in [2.24, 2.45) is 5.92 Å². The van der Waals surface area contributed by atoms with Crippen LogP contribution in [0.5, 0.6) is 0 Å². The highest BCUT2D eigenvalue weighted by molar-refractivity contribution is 5.92. The molecular formula is C10H10O8. The molecule has 0 radical (unpaired) electrons. The largest absolute Gasteiger partial charge is 0.505 e. The first-order valence-electron chi connectivity index (χ1n) is 4.61. The van der Waals surface area contributed by atoms with Gasteiger partial charge in [0, 0.05) is 5.57 Å². The number of carbonyl (C=O) groups is 2. The number of rotatable bonds is 3. The first kappa shape index (κ1) is 13.9. The molecule has 0 aliphatic heterocycles. The summed E-state index contributed by atoms with van der Waals surface area (Å²) in [5.74, 6) is -9.46. The Labute approximate surface area is 100 Å². The van der Waals surface area contributed by atoms with E-state index in [1.54, 1.807) is 0 Å². The molecule has 0 amide bonds. The van der Waals surface area contributed by atoms with Crippen LogP contribution in [0.4, 0.5) is 0 Å². The number of carboxylic acids is 2. The Morgan fingerprint density at radius 1 is 1.11 bits per heavy atom. The van der Waals surface area contributed by atoms with Crippen LogP contribution in [0.15, 0.2) is 35.1 Å². The van der Waals surface area contributed by atoms with Crippen molar-refractivity contribution in [3.8, 4) is 0 Å². The molecule has 1 atom stereocenters. The van der Waals surface area contributed by atoms with Gasteiger partial charge in [0.15, 0.2) is 5.76 Å². The molecule has 0 fully saturated rings. The van der Waals surface area contributed by atoms with Gasteiger partial charge in [0.1, 0.15) is 5.92 Å². The number of hydrogen-bond donors (Lipinski definition) is 6. The SMILES string of the molecule is O=C(O)C1=CC(=C(O)C(O)(O)O)C(C(=O)O)C=C1. The minimum atomic E-state index is -3.64. The second kappa shape index (κ2) is 4.61. The second-order valence-electron chi connectivity index (χ2n) is 3.52. The van der Waals surface area contributed by atoms with Gasteiger partial charge in [-0.15, -0.1) is 0 Å². The van der Waals surface area contributed by atoms with E-state index in [1.807, 2.05) is 0 Å². The van der Waals surface area contributed by atoms with E-state index in [4.69, 9.17) is 25.5 Å². The zero-order valence-corrected chi connectivity index (χ0v) is 8.81. The van der Waals surface area contributed by atoms with Crippen molar-refractivity contribution in [3.05, 3.63) is 35.1 Å². The molecule has 0 aromatic carbocycles. The minimum absolute atomic E-state index is 0.377. The van der Waals surface area contributed by atoms with Crippen LogP contribution in [0.2, 0.25) is 0 Å². The Morgan fingerprint density at radius 3 is 2.06 bits per heavy atom. The van der Waals surface area contributed by atoms with Gasteiger partial charge in [-0.05, 0) is 6.08 Å². The summed E-state index contributed by atoms with van der Waals surface area (Å²) in [7, 11) is 0. The lowest BCUT2D eigenvalue weighted by atomic mass is 9.89. The summed E-state index contributed by atoms with van der Waals surface area (Å²) < 4.78 is 0. The Hall–Kier alpha value is -2.16. The van der Waals surface area contributed by atoms with E-state index >= 15 is 0 Å². The Morgan fingerprint density at radius 2 is 1.67 bits per heavy atom. The van der Waals surface area contributed by atoms with E-state index in [2.05, 4.69) is 0 Å². The van der Waals surface area contributed by atoms with Crippen LogP contribution in [0, 0.1) is 5.92 Å². The topological polar surface area (TPSA) is 156 Å². The summed E-state index contributed by atoms with van der Waals surface area (Å²) in [6, 6.07) is 0. The second-order valence-corrected chi connectivity index (χ2v) is 3.52. The molecule has 0 spiro atoms. The molecule has 0 aromatic rings. The normalized spacial score (nSPS) is 22.4. The standard InChI is InChI=1S/C10H10O8/c11-7(10(16,17)18)6-3-4(8(12)13)1-2-5(6)9(14)15/h1-3,5,11,16-18H,(H,12,13)(H,14,15). The van der Waals surface area contributed by atoms with Crippen molar-refractivity contribution in [1.29, 1.82) is 0 Å². The van der Waals surface area contributed by atoms with Gasteiger partial charge in [0.25, 0.3) is 0 Å². The van der Waals surface area contributed by atoms with Gasteiger partial charge in [-0.3, -0.25) is 4.79 Å². The molecule has 18 heavy (non-hydrogen) atoms. The number of allylic oxidation sites excluding steroid dienone is 1. The van der Waals surface area contributed by atoms with E-state index in [1.165, 1.54) is 0 Å². The average Bonchev–Trinajstić information content (AvgIpc) is 2.25. The Bertz CT molecular complexity index is 477. The molecule has 1 aliphatic rings. The van der Waals surface area contributed by atoms with Crippen molar-refractivity contribution in [2.45, 2.75) is 5.97 Å². The van der Waals surface area contributed by atoms with Gasteiger partial charge in [-0.2, -0.15) is 0 Å². The fraction of sp³-hybridized carbons (Fsp3) is 0.200. The molecule has 6 N–H and O–H groups in total. The molecule has 0 heterocycles. The fourth-order valence-electron chi connectivity index (χ4n) is 1.37. The number of carboxylic acid groups (broad SMARTS) is 2. The van der Waals surface area contributed by atoms with Crippen molar-refractivity contribution >= 4 is 11.9 Å². The number of hydrogen-bond acceptors (Lipinski definition) is 6. The highest BCUT2D eigenvalue weighted by Crippen LogP contribution is 2.28. The van der Waals surface area contributed by atoms with Gasteiger partial charge < -0.3 is 30.6 Å². The number of aliphatic carboxylic acids is 2. The average molecular weight is 258 g/mol. The van der Waals surface area contributed by atoms with Crippen LogP contribution in [0.3, 0.4) is 0 Å². The summed E-state index contributed by atoms with van der Waals surface area (Å²) in [5.41, 5.74) is -1.01. The monoisotopic (exact) mass is 258 g/mol. The molecule has 1 rings (SSSR count). The lowest BCUT2D eigenvalue weighted by Gasteiger charge is -2.20. The van der Waals surface area contributed by atoms with Crippen molar-refractivity contribution in [3.63, 3.8) is 0 Å². The summed E-state index contributed by atoms with van der Waals surface area (Å²) in [6.45, 7) is 0. The van der Waals surface area contributed by atoms with Gasteiger partial charge in [-0.25, -0.2) is 4.79 Å². The van der Waals surface area contributed by atoms with Gasteiger partial charge in [0.05, 0.1) is 5.57 Å². The quantitative estimate of drug-likeness (QED) is 0.270. The first-order valence-corrected chi connectivity index (χ1v) is 4.61. The molecule has 1 aliphatic carbocycles. The summed E-state index contributed by atoms with van der Waals surface area (Å²) in [5, 5.41) is 53.2. The Kier molecular flexibility index (Phi) is 3.56. The Balaban J connectivity index is 3.38. The molecular weight excluding hydrogens is 248 g/mol. The van der Waals surface area contributed by atoms with E-state index < -0.39 is 35.2 Å². The van der Waals surface area contributed by atoms with Crippen molar-refractivity contribution < 1.29 is 40.2 Å². The molecule has 0 aromatic heterocycles. The lowest BCUT2D eigenvalue weighted by Crippen LogP contribution is -2.33.